The minimum atomic E-state index is 0.0978. The van der Waals surface area contributed by atoms with Crippen molar-refractivity contribution >= 4 is 40.9 Å². The molecule has 0 aliphatic heterocycles. The molecule has 0 spiro atoms. The van der Waals surface area contributed by atoms with Gasteiger partial charge in [-0.05, 0) is 30.5 Å². The highest BCUT2D eigenvalue weighted by molar-refractivity contribution is 7.99. The van der Waals surface area contributed by atoms with Crippen LogP contribution >= 0.6 is 35.0 Å². The molecule has 17 heavy (non-hydrogen) atoms. The molecule has 2 nitrogen and oxygen atoms in total. The van der Waals surface area contributed by atoms with E-state index < -0.39 is 0 Å². The van der Waals surface area contributed by atoms with Gasteiger partial charge in [-0.2, -0.15) is 0 Å². The van der Waals surface area contributed by atoms with Crippen LogP contribution in [0.4, 0.5) is 0 Å². The second-order valence-electron chi connectivity index (χ2n) is 4.03. The van der Waals surface area contributed by atoms with Crippen LogP contribution in [-0.2, 0) is 10.5 Å². The average Bonchev–Trinajstić information content (AvgIpc) is 3.06. The maximum Gasteiger partial charge on any atom is 0.230 e. The maximum absolute atomic E-state index is 11.5. The zero-order valence-electron chi connectivity index (χ0n) is 9.21. The number of hydrogen-bond donors (Lipinski definition) is 1. The van der Waals surface area contributed by atoms with Crippen LogP contribution in [-0.4, -0.2) is 17.7 Å². The summed E-state index contributed by atoms with van der Waals surface area (Å²) in [6, 6.07) is 5.87. The molecule has 0 unspecified atom stereocenters. The molecule has 1 aliphatic carbocycles. The number of amides is 1. The molecule has 92 valence electrons. The summed E-state index contributed by atoms with van der Waals surface area (Å²) in [5, 5.41) is 4.26. The smallest absolute Gasteiger partial charge is 0.230 e. The van der Waals surface area contributed by atoms with Gasteiger partial charge in [0.2, 0.25) is 5.91 Å². The first kappa shape index (κ1) is 13.1. The molecule has 0 bridgehead atoms. The van der Waals surface area contributed by atoms with E-state index in [0.29, 0.717) is 27.6 Å². The minimum absolute atomic E-state index is 0.0978. The fourth-order valence-corrected chi connectivity index (χ4v) is 2.99. The first-order valence-electron chi connectivity index (χ1n) is 5.47. The van der Waals surface area contributed by atoms with Gasteiger partial charge in [0.05, 0.1) is 5.75 Å². The average molecular weight is 290 g/mol. The lowest BCUT2D eigenvalue weighted by molar-refractivity contribution is -0.118. The van der Waals surface area contributed by atoms with Crippen LogP contribution in [0.15, 0.2) is 18.2 Å². The predicted molar refractivity (Wildman–Crippen MR) is 73.8 cm³/mol. The monoisotopic (exact) mass is 289 g/mol. The van der Waals surface area contributed by atoms with Gasteiger partial charge in [0.1, 0.15) is 0 Å². The van der Waals surface area contributed by atoms with Gasteiger partial charge in [-0.1, -0.05) is 29.3 Å². The largest absolute Gasteiger partial charge is 0.353 e. The Morgan fingerprint density at radius 3 is 2.59 bits per heavy atom. The Labute approximate surface area is 115 Å². The van der Waals surface area contributed by atoms with E-state index in [9.17, 15) is 4.79 Å². The first-order chi connectivity index (χ1) is 8.16. The van der Waals surface area contributed by atoms with Gasteiger partial charge in [-0.25, -0.2) is 0 Å². The van der Waals surface area contributed by atoms with E-state index in [1.54, 1.807) is 0 Å². The standard InChI is InChI=1S/C12H13Cl2NOS/c13-10-2-1-3-11(14)9(10)6-17-7-12(16)15-8-4-5-8/h1-3,8H,4-7H2,(H,15,16). The Kier molecular flexibility index (Phi) is 4.60. The third kappa shape index (κ3) is 4.09. The highest BCUT2D eigenvalue weighted by Crippen LogP contribution is 2.28. The van der Waals surface area contributed by atoms with Gasteiger partial charge in [0.25, 0.3) is 0 Å². The quantitative estimate of drug-likeness (QED) is 0.899. The first-order valence-corrected chi connectivity index (χ1v) is 7.38. The van der Waals surface area contributed by atoms with Crippen LogP contribution in [0.3, 0.4) is 0 Å². The fraction of sp³-hybridized carbons (Fsp3) is 0.417. The molecule has 1 aliphatic rings. The van der Waals surface area contributed by atoms with Gasteiger partial charge in [-0.3, -0.25) is 4.79 Å². The van der Waals surface area contributed by atoms with E-state index in [4.69, 9.17) is 23.2 Å². The molecule has 2 rings (SSSR count). The van der Waals surface area contributed by atoms with Crippen LogP contribution in [0, 0.1) is 0 Å². The van der Waals surface area contributed by atoms with Crippen molar-refractivity contribution in [1.29, 1.82) is 0 Å². The summed E-state index contributed by atoms with van der Waals surface area (Å²) in [5.41, 5.74) is 0.903. The number of halogens is 2. The van der Waals surface area contributed by atoms with Crippen LogP contribution < -0.4 is 5.32 Å². The van der Waals surface area contributed by atoms with Gasteiger partial charge in [-0.15, -0.1) is 11.8 Å². The minimum Gasteiger partial charge on any atom is -0.353 e. The van der Waals surface area contributed by atoms with Crippen molar-refractivity contribution < 1.29 is 4.79 Å². The van der Waals surface area contributed by atoms with Gasteiger partial charge in [0.15, 0.2) is 0 Å². The van der Waals surface area contributed by atoms with Gasteiger partial charge >= 0.3 is 0 Å². The van der Waals surface area contributed by atoms with Crippen molar-refractivity contribution in [2.75, 3.05) is 5.75 Å². The highest BCUT2D eigenvalue weighted by atomic mass is 35.5. The fourth-order valence-electron chi connectivity index (χ4n) is 1.41. The molecule has 1 aromatic rings. The number of hydrogen-bond acceptors (Lipinski definition) is 2. The van der Waals surface area contributed by atoms with Crippen LogP contribution in [0.5, 0.6) is 0 Å². The van der Waals surface area contributed by atoms with Crippen molar-refractivity contribution in [1.82, 2.24) is 5.32 Å². The molecule has 1 saturated carbocycles. The Bertz CT molecular complexity index is 401. The molecule has 0 aromatic heterocycles. The SMILES string of the molecule is O=C(CSCc1c(Cl)cccc1Cl)NC1CC1. The lowest BCUT2D eigenvalue weighted by Crippen LogP contribution is -2.27. The number of carbonyl (C=O) groups excluding carboxylic acids is 1. The second kappa shape index (κ2) is 5.98. The van der Waals surface area contributed by atoms with E-state index >= 15 is 0 Å². The number of carbonyl (C=O) groups is 1. The lowest BCUT2D eigenvalue weighted by atomic mass is 10.2. The van der Waals surface area contributed by atoms with Gasteiger partial charge < -0.3 is 5.32 Å². The van der Waals surface area contributed by atoms with E-state index in [0.717, 1.165) is 18.4 Å². The molecule has 5 heteroatoms. The molecule has 0 heterocycles. The summed E-state index contributed by atoms with van der Waals surface area (Å²) in [6.45, 7) is 0. The topological polar surface area (TPSA) is 29.1 Å². The summed E-state index contributed by atoms with van der Waals surface area (Å²) < 4.78 is 0. The molecule has 1 amide bonds. The lowest BCUT2D eigenvalue weighted by Gasteiger charge is -2.06. The van der Waals surface area contributed by atoms with Crippen molar-refractivity contribution in [3.05, 3.63) is 33.8 Å². The molecular formula is C12H13Cl2NOS. The number of nitrogens with one attached hydrogen (secondary N) is 1. The van der Waals surface area contributed by atoms with Crippen LogP contribution in [0.1, 0.15) is 18.4 Å². The second-order valence-corrected chi connectivity index (χ2v) is 5.83. The van der Waals surface area contributed by atoms with Crippen LogP contribution in [0.2, 0.25) is 10.0 Å². The molecule has 1 aromatic carbocycles. The number of benzene rings is 1. The summed E-state index contributed by atoms with van der Waals surface area (Å²) in [7, 11) is 0. The van der Waals surface area contributed by atoms with E-state index in [2.05, 4.69) is 5.32 Å². The van der Waals surface area contributed by atoms with Crippen molar-refractivity contribution in [3.8, 4) is 0 Å². The third-order valence-electron chi connectivity index (χ3n) is 2.48. The van der Waals surface area contributed by atoms with E-state index in [1.165, 1.54) is 11.8 Å². The van der Waals surface area contributed by atoms with Crippen molar-refractivity contribution in [3.63, 3.8) is 0 Å². The van der Waals surface area contributed by atoms with Gasteiger partial charge in [0, 0.05) is 21.8 Å². The highest BCUT2D eigenvalue weighted by Gasteiger charge is 2.22. The molecule has 1 fully saturated rings. The van der Waals surface area contributed by atoms with E-state index in [-0.39, 0.29) is 5.91 Å². The predicted octanol–water partition coefficient (Wildman–Crippen LogP) is 3.51. The molecule has 0 saturated heterocycles. The van der Waals surface area contributed by atoms with Crippen LogP contribution in [0.25, 0.3) is 0 Å². The summed E-state index contributed by atoms with van der Waals surface area (Å²) >= 11 is 13.6. The zero-order valence-corrected chi connectivity index (χ0v) is 11.5. The number of thioether (sulfide) groups is 1. The normalized spacial score (nSPS) is 14.7. The maximum atomic E-state index is 11.5. The molecule has 0 atom stereocenters. The molecule has 0 radical (unpaired) electrons. The zero-order chi connectivity index (χ0) is 12.3. The Morgan fingerprint density at radius 2 is 2.00 bits per heavy atom. The van der Waals surface area contributed by atoms with E-state index in [1.807, 2.05) is 18.2 Å². The third-order valence-corrected chi connectivity index (χ3v) is 4.15. The van der Waals surface area contributed by atoms with Crippen molar-refractivity contribution in [2.45, 2.75) is 24.6 Å². The Hall–Kier alpha value is -0.380. The molecular weight excluding hydrogens is 277 g/mol. The summed E-state index contributed by atoms with van der Waals surface area (Å²) in [5.74, 6) is 1.22. The Balaban J connectivity index is 1.79. The summed E-state index contributed by atoms with van der Waals surface area (Å²) in [4.78, 5) is 11.5. The molecule has 1 N–H and O–H groups in total. The number of rotatable bonds is 5. The Morgan fingerprint density at radius 1 is 1.35 bits per heavy atom. The van der Waals surface area contributed by atoms with Crippen molar-refractivity contribution in [2.24, 2.45) is 0 Å². The summed E-state index contributed by atoms with van der Waals surface area (Å²) in [6.07, 6.45) is 2.24.